The summed E-state index contributed by atoms with van der Waals surface area (Å²) in [6.45, 7) is 0. The Labute approximate surface area is 120 Å². The van der Waals surface area contributed by atoms with Crippen molar-refractivity contribution in [3.8, 4) is 6.07 Å². The molecule has 0 bridgehead atoms. The predicted molar refractivity (Wildman–Crippen MR) is 74.2 cm³/mol. The summed E-state index contributed by atoms with van der Waals surface area (Å²) in [7, 11) is 0. The molecule has 106 valence electrons. The fraction of sp³-hybridized carbons (Fsp3) is 0.125. The minimum atomic E-state index is -1.05. The van der Waals surface area contributed by atoms with Crippen LogP contribution in [0.2, 0.25) is 0 Å². The number of rotatable bonds is 4. The first kappa shape index (κ1) is 14.7. The molecule has 3 nitrogen and oxygen atoms in total. The van der Waals surface area contributed by atoms with Crippen LogP contribution in [0, 0.1) is 28.9 Å². The maximum atomic E-state index is 13.1. The van der Waals surface area contributed by atoms with Crippen LogP contribution in [-0.2, 0) is 11.2 Å². The number of amides is 1. The third kappa shape index (κ3) is 3.86. The number of nitrogens with one attached hydrogen (secondary N) is 1. The predicted octanol–water partition coefficient (Wildman–Crippen LogP) is 3.29. The zero-order valence-corrected chi connectivity index (χ0v) is 11.0. The SMILES string of the molecule is N#CC(Cc1ccccc1)C(=O)Nc1ccc(F)c(F)c1. The number of hydrogen-bond acceptors (Lipinski definition) is 2. The molecule has 0 saturated heterocycles. The molecule has 0 spiro atoms. The lowest BCUT2D eigenvalue weighted by Gasteiger charge is -2.10. The molecule has 0 radical (unpaired) electrons. The monoisotopic (exact) mass is 286 g/mol. The lowest BCUT2D eigenvalue weighted by molar-refractivity contribution is -0.118. The van der Waals surface area contributed by atoms with E-state index in [1.165, 1.54) is 6.07 Å². The minimum absolute atomic E-state index is 0.118. The van der Waals surface area contributed by atoms with E-state index in [4.69, 9.17) is 5.26 Å². The lowest BCUT2D eigenvalue weighted by Crippen LogP contribution is -2.23. The molecule has 0 aliphatic heterocycles. The van der Waals surface area contributed by atoms with E-state index in [9.17, 15) is 13.6 Å². The third-order valence-corrected chi connectivity index (χ3v) is 2.94. The Morgan fingerprint density at radius 1 is 1.14 bits per heavy atom. The molecule has 1 amide bonds. The topological polar surface area (TPSA) is 52.9 Å². The van der Waals surface area contributed by atoms with Gasteiger partial charge in [-0.2, -0.15) is 5.26 Å². The number of halogens is 2. The van der Waals surface area contributed by atoms with Gasteiger partial charge in [0.05, 0.1) is 6.07 Å². The van der Waals surface area contributed by atoms with Crippen LogP contribution < -0.4 is 5.32 Å². The van der Waals surface area contributed by atoms with Crippen molar-refractivity contribution in [1.82, 2.24) is 0 Å². The van der Waals surface area contributed by atoms with Gasteiger partial charge in [0.15, 0.2) is 11.6 Å². The van der Waals surface area contributed by atoms with Gasteiger partial charge < -0.3 is 5.32 Å². The van der Waals surface area contributed by atoms with Crippen LogP contribution in [-0.4, -0.2) is 5.91 Å². The van der Waals surface area contributed by atoms with Gasteiger partial charge in [-0.3, -0.25) is 4.79 Å². The molecule has 2 aromatic rings. The molecule has 1 unspecified atom stereocenters. The first-order chi connectivity index (χ1) is 10.1. The van der Waals surface area contributed by atoms with Crippen molar-refractivity contribution in [1.29, 1.82) is 5.26 Å². The number of nitrogens with zero attached hydrogens (tertiary/aromatic N) is 1. The Morgan fingerprint density at radius 2 is 1.86 bits per heavy atom. The number of carbonyl (C=O) groups excluding carboxylic acids is 1. The number of hydrogen-bond donors (Lipinski definition) is 1. The van der Waals surface area contributed by atoms with Crippen molar-refractivity contribution in [2.75, 3.05) is 5.32 Å². The average Bonchev–Trinajstić information content (AvgIpc) is 2.49. The highest BCUT2D eigenvalue weighted by atomic mass is 19.2. The molecule has 2 rings (SSSR count). The van der Waals surface area contributed by atoms with Gasteiger partial charge in [0.25, 0.3) is 0 Å². The van der Waals surface area contributed by atoms with E-state index in [1.54, 1.807) is 0 Å². The molecule has 21 heavy (non-hydrogen) atoms. The zero-order chi connectivity index (χ0) is 15.2. The van der Waals surface area contributed by atoms with Crippen molar-refractivity contribution in [2.24, 2.45) is 5.92 Å². The molecule has 2 aromatic carbocycles. The Morgan fingerprint density at radius 3 is 2.48 bits per heavy atom. The molecule has 0 saturated carbocycles. The number of anilines is 1. The molecule has 5 heteroatoms. The van der Waals surface area contributed by atoms with Gasteiger partial charge in [-0.05, 0) is 24.1 Å². The highest BCUT2D eigenvalue weighted by molar-refractivity contribution is 5.94. The van der Waals surface area contributed by atoms with Crippen LogP contribution in [0.4, 0.5) is 14.5 Å². The summed E-state index contributed by atoms with van der Waals surface area (Å²) in [5.41, 5.74) is 0.969. The maximum Gasteiger partial charge on any atom is 0.242 e. The molecule has 1 atom stereocenters. The summed E-state index contributed by atoms with van der Waals surface area (Å²) in [6, 6.07) is 14.1. The van der Waals surface area contributed by atoms with Gasteiger partial charge in [0.2, 0.25) is 5.91 Å². The second kappa shape index (κ2) is 6.62. The molecule has 0 aliphatic rings. The Kier molecular flexibility index (Phi) is 4.62. The van der Waals surface area contributed by atoms with Crippen LogP contribution in [0.25, 0.3) is 0 Å². The normalized spacial score (nSPS) is 11.5. The zero-order valence-electron chi connectivity index (χ0n) is 11.0. The minimum Gasteiger partial charge on any atom is -0.325 e. The smallest absolute Gasteiger partial charge is 0.242 e. The first-order valence-corrected chi connectivity index (χ1v) is 6.29. The summed E-state index contributed by atoms with van der Waals surface area (Å²) in [6.07, 6.45) is 0.257. The quantitative estimate of drug-likeness (QED) is 0.937. The Bertz CT molecular complexity index is 680. The first-order valence-electron chi connectivity index (χ1n) is 6.29. The van der Waals surface area contributed by atoms with Crippen molar-refractivity contribution in [3.05, 3.63) is 65.7 Å². The van der Waals surface area contributed by atoms with Crippen molar-refractivity contribution >= 4 is 11.6 Å². The summed E-state index contributed by atoms with van der Waals surface area (Å²) in [4.78, 5) is 12.0. The second-order valence-corrected chi connectivity index (χ2v) is 4.49. The van der Waals surface area contributed by atoms with E-state index < -0.39 is 23.5 Å². The van der Waals surface area contributed by atoms with E-state index in [-0.39, 0.29) is 12.1 Å². The van der Waals surface area contributed by atoms with E-state index in [1.807, 2.05) is 36.4 Å². The lowest BCUT2D eigenvalue weighted by atomic mass is 10.00. The molecule has 0 aliphatic carbocycles. The summed E-state index contributed by atoms with van der Waals surface area (Å²) in [5.74, 6) is -3.49. The standard InChI is InChI=1S/C16H12F2N2O/c17-14-7-6-13(9-15(14)18)20-16(21)12(10-19)8-11-4-2-1-3-5-11/h1-7,9,12H,8H2,(H,20,21). The van der Waals surface area contributed by atoms with Gasteiger partial charge in [0.1, 0.15) is 5.92 Å². The summed E-state index contributed by atoms with van der Waals surface area (Å²) < 4.78 is 25.9. The van der Waals surface area contributed by atoms with Crippen molar-refractivity contribution in [2.45, 2.75) is 6.42 Å². The second-order valence-electron chi connectivity index (χ2n) is 4.49. The molecular formula is C16H12F2N2O. The van der Waals surface area contributed by atoms with E-state index in [0.717, 1.165) is 17.7 Å². The third-order valence-electron chi connectivity index (χ3n) is 2.94. The van der Waals surface area contributed by atoms with Gasteiger partial charge in [-0.25, -0.2) is 8.78 Å². The van der Waals surface area contributed by atoms with Gasteiger partial charge in [-0.1, -0.05) is 30.3 Å². The molecule has 1 N–H and O–H groups in total. The van der Waals surface area contributed by atoms with E-state index in [2.05, 4.69) is 5.32 Å². The highest BCUT2D eigenvalue weighted by Crippen LogP contribution is 2.15. The van der Waals surface area contributed by atoms with Crippen molar-refractivity contribution in [3.63, 3.8) is 0 Å². The highest BCUT2D eigenvalue weighted by Gasteiger charge is 2.19. The van der Waals surface area contributed by atoms with Crippen LogP contribution in [0.5, 0.6) is 0 Å². The van der Waals surface area contributed by atoms with E-state index in [0.29, 0.717) is 0 Å². The Hall–Kier alpha value is -2.74. The molecule has 0 fully saturated rings. The van der Waals surface area contributed by atoms with Gasteiger partial charge >= 0.3 is 0 Å². The molecule has 0 aromatic heterocycles. The maximum absolute atomic E-state index is 13.1. The fourth-order valence-electron chi connectivity index (χ4n) is 1.85. The molecule has 0 heterocycles. The van der Waals surface area contributed by atoms with Crippen LogP contribution in [0.15, 0.2) is 48.5 Å². The number of nitriles is 1. The van der Waals surface area contributed by atoms with Crippen molar-refractivity contribution < 1.29 is 13.6 Å². The fourth-order valence-corrected chi connectivity index (χ4v) is 1.85. The van der Waals surface area contributed by atoms with Gasteiger partial charge in [0, 0.05) is 11.8 Å². The largest absolute Gasteiger partial charge is 0.325 e. The Balaban J connectivity index is 2.07. The number of carbonyl (C=O) groups is 1. The van der Waals surface area contributed by atoms with Crippen LogP contribution >= 0.6 is 0 Å². The summed E-state index contributed by atoms with van der Waals surface area (Å²) >= 11 is 0. The summed E-state index contributed by atoms with van der Waals surface area (Å²) in [5, 5.41) is 11.5. The average molecular weight is 286 g/mol. The van der Waals surface area contributed by atoms with Crippen LogP contribution in [0.3, 0.4) is 0 Å². The van der Waals surface area contributed by atoms with Gasteiger partial charge in [-0.15, -0.1) is 0 Å². The number of benzene rings is 2. The van der Waals surface area contributed by atoms with E-state index >= 15 is 0 Å². The van der Waals surface area contributed by atoms with Crippen LogP contribution in [0.1, 0.15) is 5.56 Å². The molecular weight excluding hydrogens is 274 g/mol.